The van der Waals surface area contributed by atoms with E-state index in [1.165, 1.54) is 5.56 Å². The lowest BCUT2D eigenvalue weighted by Gasteiger charge is -2.35. The highest BCUT2D eigenvalue weighted by molar-refractivity contribution is 5.83. The maximum atomic E-state index is 10.7. The lowest BCUT2D eigenvalue weighted by molar-refractivity contribution is 0.0707. The van der Waals surface area contributed by atoms with Crippen LogP contribution in [-0.4, -0.2) is 59.4 Å². The Morgan fingerprint density at radius 1 is 0.964 bits per heavy atom. The van der Waals surface area contributed by atoms with Crippen LogP contribution in [0.25, 0.3) is 10.9 Å². The zero-order valence-electron chi connectivity index (χ0n) is 15.8. The summed E-state index contributed by atoms with van der Waals surface area (Å²) in [5.74, 6) is 1.68. The van der Waals surface area contributed by atoms with E-state index >= 15 is 0 Å². The average Bonchev–Trinajstić information content (AvgIpc) is 3.36. The molecule has 146 valence electrons. The second-order valence-electron chi connectivity index (χ2n) is 7.57. The van der Waals surface area contributed by atoms with E-state index in [0.29, 0.717) is 13.3 Å². The molecule has 2 aliphatic heterocycles. The Kier molecular flexibility index (Phi) is 4.68. The summed E-state index contributed by atoms with van der Waals surface area (Å²) in [7, 11) is 0. The van der Waals surface area contributed by atoms with E-state index in [0.717, 1.165) is 60.7 Å². The number of nitrogens with one attached hydrogen (secondary N) is 1. The predicted molar refractivity (Wildman–Crippen MR) is 108 cm³/mol. The molecule has 28 heavy (non-hydrogen) atoms. The Hall–Kier alpha value is -2.54. The molecular formula is C22H25N3O3. The Morgan fingerprint density at radius 2 is 1.75 bits per heavy atom. The van der Waals surface area contributed by atoms with Crippen LogP contribution in [-0.2, 0) is 6.54 Å². The number of aliphatic hydroxyl groups excluding tert-OH is 1. The fourth-order valence-electron chi connectivity index (χ4n) is 4.14. The maximum absolute atomic E-state index is 10.7. The van der Waals surface area contributed by atoms with E-state index < -0.39 is 6.10 Å². The van der Waals surface area contributed by atoms with Gasteiger partial charge in [-0.3, -0.25) is 9.80 Å². The van der Waals surface area contributed by atoms with Crippen molar-refractivity contribution in [2.75, 3.05) is 39.5 Å². The van der Waals surface area contributed by atoms with Gasteiger partial charge in [0.25, 0.3) is 0 Å². The number of aromatic nitrogens is 1. The molecular weight excluding hydrogens is 354 g/mol. The third kappa shape index (κ3) is 3.46. The number of nitrogens with zero attached hydrogens (tertiary/aromatic N) is 2. The van der Waals surface area contributed by atoms with Crippen LogP contribution >= 0.6 is 0 Å². The van der Waals surface area contributed by atoms with Crippen LogP contribution in [0.2, 0.25) is 0 Å². The van der Waals surface area contributed by atoms with Crippen molar-refractivity contribution in [2.45, 2.75) is 12.6 Å². The van der Waals surface area contributed by atoms with Crippen molar-refractivity contribution in [3.63, 3.8) is 0 Å². The quantitative estimate of drug-likeness (QED) is 0.714. The van der Waals surface area contributed by atoms with Crippen molar-refractivity contribution in [1.82, 2.24) is 14.8 Å². The monoisotopic (exact) mass is 379 g/mol. The molecule has 6 nitrogen and oxygen atoms in total. The van der Waals surface area contributed by atoms with Crippen molar-refractivity contribution < 1.29 is 14.6 Å². The van der Waals surface area contributed by atoms with Gasteiger partial charge in [0.05, 0.1) is 6.10 Å². The summed E-state index contributed by atoms with van der Waals surface area (Å²) in [6, 6.07) is 14.3. The van der Waals surface area contributed by atoms with Gasteiger partial charge >= 0.3 is 0 Å². The van der Waals surface area contributed by atoms with Gasteiger partial charge in [-0.1, -0.05) is 24.3 Å². The van der Waals surface area contributed by atoms with Gasteiger partial charge < -0.3 is 19.6 Å². The number of hydrogen-bond acceptors (Lipinski definition) is 5. The number of aromatic amines is 1. The standard InChI is InChI=1S/C22H25N3O3/c26-20(18-12-23-19-4-2-1-3-17(18)19)14-25-9-7-24(8-10-25)13-16-5-6-21-22(11-16)28-15-27-21/h1-6,11-12,20,23,26H,7-10,13-15H2/t20-/m0/s1. The van der Waals surface area contributed by atoms with Gasteiger partial charge in [-0.2, -0.15) is 0 Å². The van der Waals surface area contributed by atoms with E-state index in [1.54, 1.807) is 0 Å². The molecule has 6 heteroatoms. The van der Waals surface area contributed by atoms with E-state index in [2.05, 4.69) is 33.0 Å². The number of fused-ring (bicyclic) bond motifs is 2. The molecule has 2 aliphatic rings. The highest BCUT2D eigenvalue weighted by atomic mass is 16.7. The number of piperazine rings is 1. The molecule has 1 aromatic heterocycles. The molecule has 1 atom stereocenters. The first-order chi connectivity index (χ1) is 13.8. The van der Waals surface area contributed by atoms with E-state index in [4.69, 9.17) is 9.47 Å². The smallest absolute Gasteiger partial charge is 0.231 e. The minimum Gasteiger partial charge on any atom is -0.454 e. The van der Waals surface area contributed by atoms with E-state index in [1.807, 2.05) is 30.5 Å². The minimum atomic E-state index is -0.475. The third-order valence-electron chi connectivity index (χ3n) is 5.72. The van der Waals surface area contributed by atoms with Crippen LogP contribution in [0.15, 0.2) is 48.7 Å². The highest BCUT2D eigenvalue weighted by Gasteiger charge is 2.22. The SMILES string of the molecule is O[C@@H](CN1CCN(Cc2ccc3c(c2)OCO3)CC1)c1c[nH]c2ccccc12. The number of benzene rings is 2. The Bertz CT molecular complexity index is 963. The molecule has 2 aromatic carbocycles. The Balaban J connectivity index is 1.16. The molecule has 0 spiro atoms. The summed E-state index contributed by atoms with van der Waals surface area (Å²) in [6.07, 6.45) is 1.46. The van der Waals surface area contributed by atoms with Crippen LogP contribution in [0, 0.1) is 0 Å². The van der Waals surface area contributed by atoms with Crippen molar-refractivity contribution in [3.8, 4) is 11.5 Å². The lowest BCUT2D eigenvalue weighted by atomic mass is 10.1. The van der Waals surface area contributed by atoms with Crippen molar-refractivity contribution in [1.29, 1.82) is 0 Å². The Morgan fingerprint density at radius 3 is 2.64 bits per heavy atom. The third-order valence-corrected chi connectivity index (χ3v) is 5.72. The minimum absolute atomic E-state index is 0.316. The van der Waals surface area contributed by atoms with Crippen molar-refractivity contribution >= 4 is 10.9 Å². The van der Waals surface area contributed by atoms with Crippen LogP contribution in [0.5, 0.6) is 11.5 Å². The number of para-hydroxylation sites is 1. The second-order valence-corrected chi connectivity index (χ2v) is 7.57. The number of ether oxygens (including phenoxy) is 2. The van der Waals surface area contributed by atoms with E-state index in [-0.39, 0.29) is 0 Å². The molecule has 0 amide bonds. The molecule has 2 N–H and O–H groups in total. The van der Waals surface area contributed by atoms with Crippen LogP contribution in [0.1, 0.15) is 17.2 Å². The van der Waals surface area contributed by atoms with Gasteiger partial charge in [0.1, 0.15) is 0 Å². The van der Waals surface area contributed by atoms with Gasteiger partial charge in [0.2, 0.25) is 6.79 Å². The number of aliphatic hydroxyl groups is 1. The zero-order chi connectivity index (χ0) is 18.9. The molecule has 3 heterocycles. The summed E-state index contributed by atoms with van der Waals surface area (Å²) < 4.78 is 10.9. The van der Waals surface area contributed by atoms with Crippen LogP contribution < -0.4 is 9.47 Å². The van der Waals surface area contributed by atoms with Gasteiger partial charge in [-0.25, -0.2) is 0 Å². The van der Waals surface area contributed by atoms with Crippen molar-refractivity contribution in [3.05, 3.63) is 59.8 Å². The molecule has 0 radical (unpaired) electrons. The average molecular weight is 379 g/mol. The summed E-state index contributed by atoms with van der Waals surface area (Å²) in [5, 5.41) is 11.9. The lowest BCUT2D eigenvalue weighted by Crippen LogP contribution is -2.47. The highest BCUT2D eigenvalue weighted by Crippen LogP contribution is 2.33. The van der Waals surface area contributed by atoms with E-state index in [9.17, 15) is 5.11 Å². The van der Waals surface area contributed by atoms with Gasteiger partial charge in [0.15, 0.2) is 11.5 Å². The normalized spacial score (nSPS) is 18.6. The largest absolute Gasteiger partial charge is 0.454 e. The van der Waals surface area contributed by atoms with Crippen molar-refractivity contribution in [2.24, 2.45) is 0 Å². The fraction of sp³-hybridized carbons (Fsp3) is 0.364. The molecule has 0 bridgehead atoms. The number of hydrogen-bond donors (Lipinski definition) is 2. The van der Waals surface area contributed by atoms with Gasteiger partial charge in [-0.05, 0) is 23.8 Å². The summed E-state index contributed by atoms with van der Waals surface area (Å²) in [6.45, 7) is 5.81. The van der Waals surface area contributed by atoms with Crippen LogP contribution in [0.3, 0.4) is 0 Å². The molecule has 1 fully saturated rings. The first kappa shape index (κ1) is 17.6. The molecule has 3 aromatic rings. The molecule has 1 saturated heterocycles. The topological polar surface area (TPSA) is 61.0 Å². The summed E-state index contributed by atoms with van der Waals surface area (Å²) in [4.78, 5) is 8.05. The molecule has 0 saturated carbocycles. The van der Waals surface area contributed by atoms with Gasteiger partial charge in [-0.15, -0.1) is 0 Å². The summed E-state index contributed by atoms with van der Waals surface area (Å²) in [5.41, 5.74) is 3.31. The molecule has 5 rings (SSSR count). The number of H-pyrrole nitrogens is 1. The first-order valence-electron chi connectivity index (χ1n) is 9.83. The first-order valence-corrected chi connectivity index (χ1v) is 9.83. The second kappa shape index (κ2) is 7.47. The molecule has 0 aliphatic carbocycles. The maximum Gasteiger partial charge on any atom is 0.231 e. The molecule has 0 unspecified atom stereocenters. The van der Waals surface area contributed by atoms with Gasteiger partial charge in [0, 0.05) is 61.9 Å². The Labute approximate surface area is 164 Å². The fourth-order valence-corrected chi connectivity index (χ4v) is 4.14. The predicted octanol–water partition coefficient (Wildman–Crippen LogP) is 2.75. The number of β-amino-alcohol motifs (C(OH)–C–C–N with tert-alkyl or cyclic N) is 1. The number of rotatable bonds is 5. The summed E-state index contributed by atoms with van der Waals surface area (Å²) >= 11 is 0. The van der Waals surface area contributed by atoms with Crippen LogP contribution in [0.4, 0.5) is 0 Å². The zero-order valence-corrected chi connectivity index (χ0v) is 15.8.